The van der Waals surface area contributed by atoms with Crippen LogP contribution in [0.15, 0.2) is 5.10 Å². The fraction of sp³-hybridized carbons (Fsp3) is 0.778. The molecule has 1 rings (SSSR count). The van der Waals surface area contributed by atoms with Gasteiger partial charge in [0.05, 0.1) is 0 Å². The smallest absolute Gasteiger partial charge is 0.332 e. The zero-order chi connectivity index (χ0) is 10.0. The zero-order valence-electron chi connectivity index (χ0n) is 8.37. The van der Waals surface area contributed by atoms with E-state index in [1.807, 2.05) is 0 Å². The number of hydrogen-bond donors (Lipinski definition) is 2. The molecule has 4 nitrogen and oxygen atoms in total. The van der Waals surface area contributed by atoms with Crippen molar-refractivity contribution in [2.75, 3.05) is 0 Å². The molecule has 13 heavy (non-hydrogen) atoms. The molecular formula is C9H17N3O. The van der Waals surface area contributed by atoms with Gasteiger partial charge in [0.1, 0.15) is 0 Å². The summed E-state index contributed by atoms with van der Waals surface area (Å²) in [5.74, 6) is 1.72. The third-order valence-electron chi connectivity index (χ3n) is 3.05. The lowest BCUT2D eigenvalue weighted by Crippen LogP contribution is -2.26. The molecule has 0 spiro atoms. The van der Waals surface area contributed by atoms with Crippen LogP contribution in [0, 0.1) is 17.8 Å². The Morgan fingerprint density at radius 1 is 1.54 bits per heavy atom. The van der Waals surface area contributed by atoms with E-state index in [4.69, 9.17) is 5.73 Å². The van der Waals surface area contributed by atoms with Crippen LogP contribution in [0.25, 0.3) is 0 Å². The van der Waals surface area contributed by atoms with Gasteiger partial charge >= 0.3 is 6.03 Å². The summed E-state index contributed by atoms with van der Waals surface area (Å²) in [5, 5.41) is 4.00. The van der Waals surface area contributed by atoms with Crippen molar-refractivity contribution in [1.29, 1.82) is 0 Å². The number of nitrogens with zero attached hydrogens (tertiary/aromatic N) is 1. The molecule has 0 aromatic carbocycles. The van der Waals surface area contributed by atoms with E-state index in [0.717, 1.165) is 12.1 Å². The summed E-state index contributed by atoms with van der Waals surface area (Å²) in [6.07, 6.45) is 0.961. The van der Waals surface area contributed by atoms with Gasteiger partial charge in [-0.3, -0.25) is 0 Å². The van der Waals surface area contributed by atoms with Crippen LogP contribution in [-0.2, 0) is 0 Å². The summed E-state index contributed by atoms with van der Waals surface area (Å²) in [6, 6.07) is -0.591. The average molecular weight is 183 g/mol. The van der Waals surface area contributed by atoms with Crippen molar-refractivity contribution in [2.45, 2.75) is 27.2 Å². The Kier molecular flexibility index (Phi) is 2.90. The first-order valence-corrected chi connectivity index (χ1v) is 4.64. The number of carbonyl (C=O) groups is 1. The van der Waals surface area contributed by atoms with E-state index in [1.54, 1.807) is 0 Å². The lowest BCUT2D eigenvalue weighted by molar-refractivity contribution is 0.249. The molecular weight excluding hydrogens is 166 g/mol. The normalized spacial score (nSPS) is 36.5. The van der Waals surface area contributed by atoms with Gasteiger partial charge in [-0.05, 0) is 24.2 Å². The maximum atomic E-state index is 10.4. The third-order valence-corrected chi connectivity index (χ3v) is 3.05. The molecule has 0 aromatic rings. The highest BCUT2D eigenvalue weighted by Crippen LogP contribution is 2.33. The molecule has 0 saturated heterocycles. The monoisotopic (exact) mass is 183 g/mol. The standard InChI is InChI=1S/C9H17N3O/c1-5-4-8(7(3)6(5)2)11-12-9(10)13/h5-7H,4H2,1-3H3,(H3,10,12,13)/b11-8-. The topological polar surface area (TPSA) is 67.5 Å². The van der Waals surface area contributed by atoms with Crippen LogP contribution in [0.3, 0.4) is 0 Å². The molecule has 0 heterocycles. The largest absolute Gasteiger partial charge is 0.350 e. The number of nitrogens with two attached hydrogens (primary N) is 1. The Bertz CT molecular complexity index is 237. The molecule has 0 radical (unpaired) electrons. The maximum absolute atomic E-state index is 10.4. The van der Waals surface area contributed by atoms with E-state index in [-0.39, 0.29) is 0 Å². The molecule has 2 amide bonds. The highest BCUT2D eigenvalue weighted by atomic mass is 16.2. The van der Waals surface area contributed by atoms with E-state index >= 15 is 0 Å². The quantitative estimate of drug-likeness (QED) is 0.591. The van der Waals surface area contributed by atoms with Crippen molar-refractivity contribution in [3.05, 3.63) is 0 Å². The second-order valence-electron chi connectivity index (χ2n) is 3.91. The summed E-state index contributed by atoms with van der Waals surface area (Å²) in [4.78, 5) is 10.4. The number of hydrogen-bond acceptors (Lipinski definition) is 2. The predicted molar refractivity (Wildman–Crippen MR) is 52.3 cm³/mol. The molecule has 74 valence electrons. The number of nitrogens with one attached hydrogen (secondary N) is 1. The molecule has 1 aliphatic carbocycles. The number of amides is 2. The predicted octanol–water partition coefficient (Wildman–Crippen LogP) is 1.32. The van der Waals surface area contributed by atoms with Crippen LogP contribution in [0.2, 0.25) is 0 Å². The zero-order valence-corrected chi connectivity index (χ0v) is 8.37. The minimum Gasteiger partial charge on any atom is -0.350 e. The molecule has 0 aromatic heterocycles. The van der Waals surface area contributed by atoms with Crippen LogP contribution in [-0.4, -0.2) is 11.7 Å². The number of urea groups is 1. The van der Waals surface area contributed by atoms with E-state index in [9.17, 15) is 4.79 Å². The minimum absolute atomic E-state index is 0.446. The lowest BCUT2D eigenvalue weighted by Gasteiger charge is -2.11. The Balaban J connectivity index is 2.62. The van der Waals surface area contributed by atoms with Crippen LogP contribution in [0.5, 0.6) is 0 Å². The molecule has 3 N–H and O–H groups in total. The first kappa shape index (κ1) is 10.0. The second-order valence-corrected chi connectivity index (χ2v) is 3.91. The molecule has 3 atom stereocenters. The van der Waals surface area contributed by atoms with E-state index < -0.39 is 6.03 Å². The van der Waals surface area contributed by atoms with Gasteiger partial charge in [-0.15, -0.1) is 0 Å². The van der Waals surface area contributed by atoms with Crippen molar-refractivity contribution in [2.24, 2.45) is 28.6 Å². The summed E-state index contributed by atoms with van der Waals surface area (Å²) in [7, 11) is 0. The molecule has 4 heteroatoms. The number of hydrazone groups is 1. The van der Waals surface area contributed by atoms with Crippen LogP contribution in [0.4, 0.5) is 4.79 Å². The van der Waals surface area contributed by atoms with Crippen molar-refractivity contribution in [1.82, 2.24) is 5.43 Å². The van der Waals surface area contributed by atoms with Crippen molar-refractivity contribution < 1.29 is 4.79 Å². The van der Waals surface area contributed by atoms with Gasteiger partial charge < -0.3 is 5.73 Å². The second kappa shape index (κ2) is 3.77. The minimum atomic E-state index is -0.591. The summed E-state index contributed by atoms with van der Waals surface area (Å²) in [6.45, 7) is 6.55. The van der Waals surface area contributed by atoms with Gasteiger partial charge in [-0.25, -0.2) is 10.2 Å². The molecule has 3 unspecified atom stereocenters. The number of rotatable bonds is 1. The fourth-order valence-corrected chi connectivity index (χ4v) is 1.77. The highest BCUT2D eigenvalue weighted by Gasteiger charge is 2.32. The van der Waals surface area contributed by atoms with Crippen molar-refractivity contribution >= 4 is 11.7 Å². The SMILES string of the molecule is CC1C/C(=N/NC(N)=O)C(C)C1C. The highest BCUT2D eigenvalue weighted by molar-refractivity contribution is 5.89. The van der Waals surface area contributed by atoms with Gasteiger partial charge in [-0.1, -0.05) is 20.8 Å². The van der Waals surface area contributed by atoms with Gasteiger partial charge in [0.2, 0.25) is 0 Å². The number of carbonyl (C=O) groups excluding carboxylic acids is 1. The third kappa shape index (κ3) is 2.20. The maximum Gasteiger partial charge on any atom is 0.332 e. The Morgan fingerprint density at radius 2 is 2.15 bits per heavy atom. The van der Waals surface area contributed by atoms with E-state index in [0.29, 0.717) is 17.8 Å². The molecule has 1 saturated carbocycles. The lowest BCUT2D eigenvalue weighted by atomic mass is 9.94. The summed E-state index contributed by atoms with van der Waals surface area (Å²) < 4.78 is 0. The summed E-state index contributed by atoms with van der Waals surface area (Å²) >= 11 is 0. The fourth-order valence-electron chi connectivity index (χ4n) is 1.77. The van der Waals surface area contributed by atoms with Gasteiger partial charge in [0, 0.05) is 5.71 Å². The summed E-state index contributed by atoms with van der Waals surface area (Å²) in [5.41, 5.74) is 8.27. The van der Waals surface area contributed by atoms with Gasteiger partial charge in [0.15, 0.2) is 0 Å². The van der Waals surface area contributed by atoms with Gasteiger partial charge in [-0.2, -0.15) is 5.10 Å². The average Bonchev–Trinajstić information content (AvgIpc) is 2.29. The van der Waals surface area contributed by atoms with Crippen LogP contribution in [0.1, 0.15) is 27.2 Å². The van der Waals surface area contributed by atoms with Crippen molar-refractivity contribution in [3.63, 3.8) is 0 Å². The van der Waals surface area contributed by atoms with E-state index in [2.05, 4.69) is 31.3 Å². The van der Waals surface area contributed by atoms with E-state index in [1.165, 1.54) is 0 Å². The van der Waals surface area contributed by atoms with Gasteiger partial charge in [0.25, 0.3) is 0 Å². The molecule has 0 bridgehead atoms. The number of primary amides is 1. The Hall–Kier alpha value is -1.06. The molecule has 0 aliphatic heterocycles. The van der Waals surface area contributed by atoms with Crippen LogP contribution < -0.4 is 11.2 Å². The molecule has 1 aliphatic rings. The van der Waals surface area contributed by atoms with Crippen LogP contribution >= 0.6 is 0 Å². The Labute approximate surface area is 78.6 Å². The van der Waals surface area contributed by atoms with Crippen molar-refractivity contribution in [3.8, 4) is 0 Å². The Morgan fingerprint density at radius 3 is 2.54 bits per heavy atom. The first-order chi connectivity index (χ1) is 6.02. The molecule has 1 fully saturated rings. The first-order valence-electron chi connectivity index (χ1n) is 4.64.